The molecular formula is C25H25BrClFN2O7S. The second-order valence-electron chi connectivity index (χ2n) is 7.69. The number of halogens is 3. The number of benzene rings is 3. The highest BCUT2D eigenvalue weighted by atomic mass is 79.9. The number of carbonyl (C=O) groups excluding carboxylic acids is 1. The van der Waals surface area contributed by atoms with Gasteiger partial charge < -0.3 is 25.6 Å². The van der Waals surface area contributed by atoms with Crippen LogP contribution in [-0.4, -0.2) is 50.4 Å². The molecule has 0 saturated heterocycles. The fourth-order valence-corrected chi connectivity index (χ4v) is 4.56. The molecule has 3 rings (SSSR count). The van der Waals surface area contributed by atoms with Crippen LogP contribution in [0.25, 0.3) is 0 Å². The molecule has 9 nitrogen and oxygen atoms in total. The lowest BCUT2D eigenvalue weighted by molar-refractivity contribution is -0.122. The summed E-state index contributed by atoms with van der Waals surface area (Å²) in [7, 11) is -3.49. The second kappa shape index (κ2) is 14.8. The zero-order chi connectivity index (χ0) is 28.3. The Balaban J connectivity index is 0.00000161. The summed E-state index contributed by atoms with van der Waals surface area (Å²) in [6.07, 6.45) is 1.03. The zero-order valence-electron chi connectivity index (χ0n) is 20.1. The number of hydrogen-bond acceptors (Lipinski definition) is 7. The molecule has 0 aliphatic heterocycles. The minimum absolute atomic E-state index is 0.000970. The quantitative estimate of drug-likeness (QED) is 0.192. The molecule has 0 aliphatic rings. The summed E-state index contributed by atoms with van der Waals surface area (Å²) in [6.45, 7) is 0.533. The first-order valence-corrected chi connectivity index (χ1v) is 14.0. The lowest BCUT2D eigenvalue weighted by atomic mass is 10.1. The molecule has 0 bridgehead atoms. The van der Waals surface area contributed by atoms with Gasteiger partial charge in [0.05, 0.1) is 27.8 Å². The third kappa shape index (κ3) is 9.07. The Morgan fingerprint density at radius 1 is 1.16 bits per heavy atom. The highest BCUT2D eigenvalue weighted by molar-refractivity contribution is 9.10. The van der Waals surface area contributed by atoms with Crippen molar-refractivity contribution in [1.82, 2.24) is 5.32 Å². The van der Waals surface area contributed by atoms with E-state index >= 15 is 4.39 Å². The minimum Gasteiger partial charge on any atom is -0.488 e. The van der Waals surface area contributed by atoms with Crippen LogP contribution in [-0.2, 0) is 27.8 Å². The Morgan fingerprint density at radius 3 is 2.50 bits per heavy atom. The number of amides is 1. The maximum absolute atomic E-state index is 15.1. The van der Waals surface area contributed by atoms with Crippen LogP contribution in [0.3, 0.4) is 0 Å². The molecule has 13 heteroatoms. The van der Waals surface area contributed by atoms with Crippen LogP contribution < -0.4 is 15.4 Å². The van der Waals surface area contributed by atoms with E-state index in [4.69, 9.17) is 31.3 Å². The number of hydrogen-bond donors (Lipinski definition) is 4. The van der Waals surface area contributed by atoms with Crippen LogP contribution in [0.5, 0.6) is 5.75 Å². The zero-order valence-corrected chi connectivity index (χ0v) is 23.2. The molecule has 0 spiro atoms. The van der Waals surface area contributed by atoms with Gasteiger partial charge in [-0.05, 0) is 42.5 Å². The number of rotatable bonds is 10. The monoisotopic (exact) mass is 630 g/mol. The van der Waals surface area contributed by atoms with E-state index in [1.807, 2.05) is 6.07 Å². The molecule has 4 N–H and O–H groups in total. The van der Waals surface area contributed by atoms with Crippen LogP contribution in [0, 0.1) is 5.82 Å². The standard InChI is InChI=1S/C24H23BrClFN2O5S.CH2O2/c1-35(32,33)18-6-7-19(20(26)12-18)24(31)29-21-4-2-3-15(23(21)27)14-34-22-8-5-17(25)11-16(22)13-28-9-10-30;2-1-3/h2-8,11-12,28,30H,9-10,13-14H2,1H3,(H,29,31);1H,(H,2,3). The average molecular weight is 632 g/mol. The van der Waals surface area contributed by atoms with E-state index in [0.29, 0.717) is 18.8 Å². The lowest BCUT2D eigenvalue weighted by Gasteiger charge is -2.14. The van der Waals surface area contributed by atoms with Crippen molar-refractivity contribution in [3.8, 4) is 5.75 Å². The maximum Gasteiger partial charge on any atom is 0.290 e. The van der Waals surface area contributed by atoms with Gasteiger partial charge in [0.2, 0.25) is 0 Å². The Kier molecular flexibility index (Phi) is 12.1. The molecule has 204 valence electrons. The van der Waals surface area contributed by atoms with Gasteiger partial charge in [-0.25, -0.2) is 12.8 Å². The molecule has 0 atom stereocenters. The Morgan fingerprint density at radius 2 is 1.87 bits per heavy atom. The van der Waals surface area contributed by atoms with E-state index < -0.39 is 21.6 Å². The predicted octanol–water partition coefficient (Wildman–Crippen LogP) is 4.26. The first kappa shape index (κ1) is 31.2. The predicted molar refractivity (Wildman–Crippen MR) is 145 cm³/mol. The summed E-state index contributed by atoms with van der Waals surface area (Å²) in [4.78, 5) is 21.0. The van der Waals surface area contributed by atoms with E-state index in [9.17, 15) is 13.2 Å². The molecule has 0 unspecified atom stereocenters. The normalized spacial score (nSPS) is 10.8. The van der Waals surface area contributed by atoms with Crippen LogP contribution in [0.4, 0.5) is 10.1 Å². The number of carboxylic acid groups (broad SMARTS) is 1. The topological polar surface area (TPSA) is 142 Å². The number of sulfone groups is 1. The van der Waals surface area contributed by atoms with E-state index in [2.05, 4.69) is 26.6 Å². The van der Waals surface area contributed by atoms with Crippen molar-refractivity contribution in [3.05, 3.63) is 86.6 Å². The maximum atomic E-state index is 15.1. The summed E-state index contributed by atoms with van der Waals surface area (Å²) in [6, 6.07) is 13.7. The highest BCUT2D eigenvalue weighted by Gasteiger charge is 2.17. The smallest absolute Gasteiger partial charge is 0.290 e. The average Bonchev–Trinajstić information content (AvgIpc) is 2.85. The van der Waals surface area contributed by atoms with Crippen LogP contribution >= 0.6 is 27.5 Å². The van der Waals surface area contributed by atoms with Gasteiger partial charge in [-0.15, -0.1) is 0 Å². The third-order valence-electron chi connectivity index (χ3n) is 4.95. The summed E-state index contributed by atoms with van der Waals surface area (Å²) in [5, 5.41) is 21.3. The number of carbonyl (C=O) groups is 2. The van der Waals surface area contributed by atoms with E-state index in [1.54, 1.807) is 24.3 Å². The minimum atomic E-state index is -3.49. The van der Waals surface area contributed by atoms with E-state index in [-0.39, 0.29) is 46.4 Å². The highest BCUT2D eigenvalue weighted by Crippen LogP contribution is 2.27. The van der Waals surface area contributed by atoms with Gasteiger partial charge in [-0.3, -0.25) is 9.59 Å². The summed E-state index contributed by atoms with van der Waals surface area (Å²) in [5.41, 5.74) is 0.985. The molecular weight excluding hydrogens is 607 g/mol. The fraction of sp³-hybridized carbons (Fsp3) is 0.200. The lowest BCUT2D eigenvalue weighted by Crippen LogP contribution is -2.18. The van der Waals surface area contributed by atoms with Crippen molar-refractivity contribution in [2.75, 3.05) is 24.7 Å². The van der Waals surface area contributed by atoms with Gasteiger partial charge in [-0.2, -0.15) is 0 Å². The van der Waals surface area contributed by atoms with Gasteiger partial charge in [0.25, 0.3) is 12.4 Å². The third-order valence-corrected chi connectivity index (χ3v) is 6.87. The van der Waals surface area contributed by atoms with E-state index in [1.165, 1.54) is 24.3 Å². The molecule has 38 heavy (non-hydrogen) atoms. The summed E-state index contributed by atoms with van der Waals surface area (Å²) >= 11 is 9.51. The van der Waals surface area contributed by atoms with Crippen molar-refractivity contribution in [2.45, 2.75) is 18.0 Å². The Hall–Kier alpha value is -3.03. The number of aliphatic hydroxyl groups is 1. The van der Waals surface area contributed by atoms with Crippen LogP contribution in [0.1, 0.15) is 21.5 Å². The molecule has 1 amide bonds. The van der Waals surface area contributed by atoms with Gasteiger partial charge in [0, 0.05) is 34.9 Å². The van der Waals surface area contributed by atoms with Gasteiger partial charge in [0.1, 0.15) is 12.4 Å². The van der Waals surface area contributed by atoms with Gasteiger partial charge >= 0.3 is 0 Å². The van der Waals surface area contributed by atoms with Crippen molar-refractivity contribution in [3.63, 3.8) is 0 Å². The van der Waals surface area contributed by atoms with Gasteiger partial charge in [-0.1, -0.05) is 39.7 Å². The molecule has 3 aromatic carbocycles. The largest absolute Gasteiger partial charge is 0.488 e. The molecule has 0 saturated carbocycles. The molecule has 0 aliphatic carbocycles. The first-order chi connectivity index (χ1) is 18.0. The fourth-order valence-electron chi connectivity index (χ4n) is 3.17. The van der Waals surface area contributed by atoms with Crippen molar-refractivity contribution in [2.24, 2.45) is 0 Å². The van der Waals surface area contributed by atoms with Crippen molar-refractivity contribution in [1.29, 1.82) is 0 Å². The van der Waals surface area contributed by atoms with Crippen molar-refractivity contribution < 1.29 is 37.3 Å². The van der Waals surface area contributed by atoms with Crippen molar-refractivity contribution >= 4 is 55.4 Å². The number of nitrogens with one attached hydrogen (secondary N) is 2. The SMILES string of the molecule is CS(=O)(=O)c1ccc(C(=O)Nc2cccc(COc3ccc(Br)cc3CNCCO)c2F)c(Cl)c1.O=CO. The second-order valence-corrected chi connectivity index (χ2v) is 11.0. The molecule has 0 heterocycles. The van der Waals surface area contributed by atoms with Crippen LogP contribution in [0.15, 0.2) is 64.0 Å². The Labute approximate surface area is 232 Å². The first-order valence-electron chi connectivity index (χ1n) is 10.9. The number of ether oxygens (including phenoxy) is 1. The number of aliphatic hydroxyl groups excluding tert-OH is 1. The summed E-state index contributed by atoms with van der Waals surface area (Å²) < 4.78 is 45.2. The molecule has 0 fully saturated rings. The van der Waals surface area contributed by atoms with E-state index in [0.717, 1.165) is 16.3 Å². The molecule has 3 aromatic rings. The Bertz CT molecular complexity index is 1390. The van der Waals surface area contributed by atoms with Crippen LogP contribution in [0.2, 0.25) is 5.02 Å². The summed E-state index contributed by atoms with van der Waals surface area (Å²) in [5.74, 6) is -0.802. The molecule has 0 radical (unpaired) electrons. The molecule has 0 aromatic heterocycles. The van der Waals surface area contributed by atoms with Gasteiger partial charge in [0.15, 0.2) is 15.7 Å². The number of anilines is 1.